The van der Waals surface area contributed by atoms with E-state index in [4.69, 9.17) is 0 Å². The molecule has 110 valence electrons. The summed E-state index contributed by atoms with van der Waals surface area (Å²) in [5, 5.41) is 2.38. The molecule has 0 atom stereocenters. The number of anilines is 1. The van der Waals surface area contributed by atoms with Gasteiger partial charge in [0, 0.05) is 30.9 Å². The normalized spacial score (nSPS) is 15.5. The van der Waals surface area contributed by atoms with Crippen molar-refractivity contribution in [3.63, 3.8) is 0 Å². The molecule has 2 aromatic carbocycles. The van der Waals surface area contributed by atoms with Crippen LogP contribution in [0.2, 0.25) is 0 Å². The number of nitrogens with one attached hydrogen (secondary N) is 1. The van der Waals surface area contributed by atoms with Crippen molar-refractivity contribution < 1.29 is 9.59 Å². The van der Waals surface area contributed by atoms with Crippen LogP contribution in [0.4, 0.5) is 5.69 Å². The van der Waals surface area contributed by atoms with Crippen molar-refractivity contribution in [2.75, 3.05) is 19.0 Å². The topological polar surface area (TPSA) is 49.4 Å². The molecule has 3 rings (SSSR count). The Balaban J connectivity index is 2.05. The Morgan fingerprint density at radius 3 is 2.14 bits per heavy atom. The zero-order chi connectivity index (χ0) is 15.7. The van der Waals surface area contributed by atoms with Gasteiger partial charge in [0.2, 0.25) is 0 Å². The van der Waals surface area contributed by atoms with Gasteiger partial charge in [0.25, 0.3) is 11.8 Å². The van der Waals surface area contributed by atoms with E-state index in [1.54, 1.807) is 24.3 Å². The molecule has 0 spiro atoms. The molecule has 22 heavy (non-hydrogen) atoms. The zero-order valence-electron chi connectivity index (χ0n) is 12.5. The SMILES string of the molecule is CN(C)c1ccc(C=C2C(=O)NC(=O)c3ccccc32)cc1. The molecular formula is C18H16N2O2. The van der Waals surface area contributed by atoms with E-state index in [1.165, 1.54) is 0 Å². The van der Waals surface area contributed by atoms with E-state index in [1.807, 2.05) is 49.3 Å². The fraction of sp³-hybridized carbons (Fsp3) is 0.111. The first-order chi connectivity index (χ1) is 10.6. The van der Waals surface area contributed by atoms with E-state index in [0.29, 0.717) is 16.7 Å². The number of carbonyl (C=O) groups is 2. The summed E-state index contributed by atoms with van der Waals surface area (Å²) in [6, 6.07) is 15.0. The molecule has 1 N–H and O–H groups in total. The highest BCUT2D eigenvalue weighted by Gasteiger charge is 2.26. The van der Waals surface area contributed by atoms with Crippen LogP contribution >= 0.6 is 0 Å². The number of benzene rings is 2. The molecule has 0 unspecified atom stereocenters. The van der Waals surface area contributed by atoms with Crippen LogP contribution in [0, 0.1) is 0 Å². The third-order valence-electron chi connectivity index (χ3n) is 3.65. The maximum absolute atomic E-state index is 12.1. The van der Waals surface area contributed by atoms with E-state index < -0.39 is 0 Å². The largest absolute Gasteiger partial charge is 0.378 e. The fourth-order valence-corrected chi connectivity index (χ4v) is 2.45. The van der Waals surface area contributed by atoms with Crippen LogP contribution < -0.4 is 10.2 Å². The van der Waals surface area contributed by atoms with Gasteiger partial charge in [0.15, 0.2) is 0 Å². The summed E-state index contributed by atoms with van der Waals surface area (Å²) in [4.78, 5) is 26.0. The second kappa shape index (κ2) is 5.48. The van der Waals surface area contributed by atoms with Crippen LogP contribution in [0.3, 0.4) is 0 Å². The summed E-state index contributed by atoms with van der Waals surface area (Å²) in [5.74, 6) is -0.707. The molecule has 0 radical (unpaired) electrons. The number of fused-ring (bicyclic) bond motifs is 1. The smallest absolute Gasteiger partial charge is 0.258 e. The molecular weight excluding hydrogens is 276 g/mol. The zero-order valence-corrected chi connectivity index (χ0v) is 12.5. The van der Waals surface area contributed by atoms with Gasteiger partial charge < -0.3 is 4.90 Å². The molecule has 0 bridgehead atoms. The average Bonchev–Trinajstić information content (AvgIpc) is 2.52. The van der Waals surface area contributed by atoms with E-state index >= 15 is 0 Å². The van der Waals surface area contributed by atoms with Crippen LogP contribution in [0.1, 0.15) is 21.5 Å². The summed E-state index contributed by atoms with van der Waals surface area (Å²) in [6.07, 6.45) is 1.81. The van der Waals surface area contributed by atoms with Gasteiger partial charge in [-0.25, -0.2) is 0 Å². The first-order valence-electron chi connectivity index (χ1n) is 7.00. The number of amides is 2. The van der Waals surface area contributed by atoms with Crippen molar-refractivity contribution in [1.82, 2.24) is 5.32 Å². The lowest BCUT2D eigenvalue weighted by Crippen LogP contribution is -2.36. The summed E-state index contributed by atoms with van der Waals surface area (Å²) in [5.41, 5.74) is 3.71. The molecule has 0 aromatic heterocycles. The van der Waals surface area contributed by atoms with Crippen molar-refractivity contribution in [1.29, 1.82) is 0 Å². The van der Waals surface area contributed by atoms with Gasteiger partial charge >= 0.3 is 0 Å². The van der Waals surface area contributed by atoms with Gasteiger partial charge in [-0.3, -0.25) is 14.9 Å². The molecule has 2 amide bonds. The van der Waals surface area contributed by atoms with Crippen molar-refractivity contribution in [3.05, 3.63) is 65.2 Å². The van der Waals surface area contributed by atoms with Crippen molar-refractivity contribution in [2.45, 2.75) is 0 Å². The average molecular weight is 292 g/mol. The number of rotatable bonds is 2. The summed E-state index contributed by atoms with van der Waals surface area (Å²) in [6.45, 7) is 0. The Kier molecular flexibility index (Phi) is 3.51. The van der Waals surface area contributed by atoms with Gasteiger partial charge in [-0.1, -0.05) is 30.3 Å². The second-order valence-corrected chi connectivity index (χ2v) is 5.37. The minimum atomic E-state index is -0.361. The van der Waals surface area contributed by atoms with Crippen LogP contribution in [-0.2, 0) is 4.79 Å². The van der Waals surface area contributed by atoms with Gasteiger partial charge in [0.05, 0.1) is 0 Å². The molecule has 4 nitrogen and oxygen atoms in total. The van der Waals surface area contributed by atoms with E-state index in [0.717, 1.165) is 11.3 Å². The summed E-state index contributed by atoms with van der Waals surface area (Å²) >= 11 is 0. The highest BCUT2D eigenvalue weighted by Crippen LogP contribution is 2.26. The first kappa shape index (κ1) is 14.1. The lowest BCUT2D eigenvalue weighted by molar-refractivity contribution is -0.114. The molecule has 0 saturated heterocycles. The van der Waals surface area contributed by atoms with Crippen molar-refractivity contribution in [3.8, 4) is 0 Å². The molecule has 1 aliphatic rings. The monoisotopic (exact) mass is 292 g/mol. The Hall–Kier alpha value is -2.88. The molecule has 1 aliphatic heterocycles. The number of hydrogen-bond acceptors (Lipinski definition) is 3. The third kappa shape index (κ3) is 2.51. The molecule has 4 heteroatoms. The predicted octanol–water partition coefficient (Wildman–Crippen LogP) is 2.56. The van der Waals surface area contributed by atoms with Crippen LogP contribution in [0.25, 0.3) is 11.6 Å². The Morgan fingerprint density at radius 2 is 1.50 bits per heavy atom. The lowest BCUT2D eigenvalue weighted by atomic mass is 9.93. The van der Waals surface area contributed by atoms with E-state index in [9.17, 15) is 9.59 Å². The molecule has 0 fully saturated rings. The van der Waals surface area contributed by atoms with Crippen molar-refractivity contribution >= 4 is 29.2 Å². The van der Waals surface area contributed by atoms with E-state index in [-0.39, 0.29) is 11.8 Å². The molecule has 2 aromatic rings. The van der Waals surface area contributed by atoms with Crippen LogP contribution in [-0.4, -0.2) is 25.9 Å². The Labute approximate surface area is 129 Å². The van der Waals surface area contributed by atoms with Gasteiger partial charge in [-0.15, -0.1) is 0 Å². The minimum absolute atomic E-state index is 0.347. The van der Waals surface area contributed by atoms with Crippen molar-refractivity contribution in [2.24, 2.45) is 0 Å². The quantitative estimate of drug-likeness (QED) is 0.683. The Morgan fingerprint density at radius 1 is 0.864 bits per heavy atom. The van der Waals surface area contributed by atoms with E-state index in [2.05, 4.69) is 5.32 Å². The van der Waals surface area contributed by atoms with Gasteiger partial charge in [-0.05, 0) is 35.4 Å². The highest BCUT2D eigenvalue weighted by atomic mass is 16.2. The maximum atomic E-state index is 12.1. The molecule has 0 aliphatic carbocycles. The standard InChI is InChI=1S/C18H16N2O2/c1-20(2)13-9-7-12(8-10-13)11-16-14-5-3-4-6-15(14)17(21)19-18(16)22/h3-11H,1-2H3,(H,19,21,22). The fourth-order valence-electron chi connectivity index (χ4n) is 2.45. The number of carbonyl (C=O) groups excluding carboxylic acids is 2. The third-order valence-corrected chi connectivity index (χ3v) is 3.65. The summed E-state index contributed by atoms with van der Waals surface area (Å²) < 4.78 is 0. The highest BCUT2D eigenvalue weighted by molar-refractivity contribution is 6.33. The Bertz CT molecular complexity index is 774. The maximum Gasteiger partial charge on any atom is 0.258 e. The van der Waals surface area contributed by atoms with Gasteiger partial charge in [-0.2, -0.15) is 0 Å². The lowest BCUT2D eigenvalue weighted by Gasteiger charge is -2.18. The number of nitrogens with zero attached hydrogens (tertiary/aromatic N) is 1. The molecule has 1 heterocycles. The van der Waals surface area contributed by atoms with Gasteiger partial charge in [0.1, 0.15) is 0 Å². The van der Waals surface area contributed by atoms with Crippen LogP contribution in [0.15, 0.2) is 48.5 Å². The predicted molar refractivity (Wildman–Crippen MR) is 87.6 cm³/mol. The summed E-state index contributed by atoms with van der Waals surface area (Å²) in [7, 11) is 3.95. The first-order valence-corrected chi connectivity index (χ1v) is 7.00. The van der Waals surface area contributed by atoms with Crippen LogP contribution in [0.5, 0.6) is 0 Å². The number of imide groups is 1. The minimum Gasteiger partial charge on any atom is -0.378 e. The molecule has 0 saturated carbocycles. The second-order valence-electron chi connectivity index (χ2n) is 5.37. The number of hydrogen-bond donors (Lipinski definition) is 1.